The summed E-state index contributed by atoms with van der Waals surface area (Å²) >= 11 is 1.44. The van der Waals surface area contributed by atoms with Crippen LogP contribution in [-0.2, 0) is 4.79 Å². The Morgan fingerprint density at radius 1 is 1.67 bits per heavy atom. The summed E-state index contributed by atoms with van der Waals surface area (Å²) in [4.78, 5) is 29.1. The van der Waals surface area contributed by atoms with Crippen LogP contribution >= 0.6 is 11.3 Å². The fourth-order valence-corrected chi connectivity index (χ4v) is 2.15. The molecule has 1 fully saturated rings. The van der Waals surface area contributed by atoms with Crippen molar-refractivity contribution in [3.05, 3.63) is 16.1 Å². The Labute approximate surface area is 90.1 Å². The lowest BCUT2D eigenvalue weighted by Crippen LogP contribution is -2.35. The Hall–Kier alpha value is -1.47. The molecule has 3 N–H and O–H groups in total. The molecule has 6 nitrogen and oxygen atoms in total. The number of aryl methyl sites for hydroxylation is 1. The van der Waals surface area contributed by atoms with Crippen LogP contribution in [0.25, 0.3) is 0 Å². The molecule has 0 aromatic carbocycles. The highest BCUT2D eigenvalue weighted by molar-refractivity contribution is 7.09. The number of hydrogen-bond donors (Lipinski definition) is 2. The van der Waals surface area contributed by atoms with Crippen molar-refractivity contribution in [2.24, 2.45) is 5.73 Å². The molecule has 0 spiro atoms. The topological polar surface area (TPSA) is 88.3 Å². The predicted octanol–water partition coefficient (Wildman–Crippen LogP) is -0.0394. The molecule has 2 heterocycles. The van der Waals surface area contributed by atoms with Crippen LogP contribution in [0, 0.1) is 6.92 Å². The first-order valence-electron chi connectivity index (χ1n) is 4.36. The van der Waals surface area contributed by atoms with Crippen molar-refractivity contribution < 1.29 is 9.59 Å². The van der Waals surface area contributed by atoms with Crippen LogP contribution in [0.2, 0.25) is 0 Å². The van der Waals surface area contributed by atoms with Crippen molar-refractivity contribution in [2.45, 2.75) is 13.0 Å². The number of rotatable bonds is 2. The second-order valence-corrected chi connectivity index (χ2v) is 4.20. The Morgan fingerprint density at radius 2 is 2.40 bits per heavy atom. The molecule has 0 radical (unpaired) electrons. The Balaban J connectivity index is 2.39. The second kappa shape index (κ2) is 3.59. The fourth-order valence-electron chi connectivity index (χ4n) is 1.54. The third-order valence-electron chi connectivity index (χ3n) is 2.29. The third-order valence-corrected chi connectivity index (χ3v) is 3.06. The van der Waals surface area contributed by atoms with Gasteiger partial charge in [0.2, 0.25) is 0 Å². The van der Waals surface area contributed by atoms with Gasteiger partial charge in [-0.1, -0.05) is 0 Å². The highest BCUT2D eigenvalue weighted by Crippen LogP contribution is 2.27. The van der Waals surface area contributed by atoms with E-state index in [1.807, 2.05) is 6.92 Å². The smallest absolute Gasteiger partial charge is 0.314 e. The lowest BCUT2D eigenvalue weighted by molar-refractivity contribution is -0.121. The van der Waals surface area contributed by atoms with Crippen LogP contribution in [0.5, 0.6) is 0 Å². The molecule has 7 heteroatoms. The number of thiazole rings is 1. The van der Waals surface area contributed by atoms with Gasteiger partial charge in [-0.15, -0.1) is 11.3 Å². The summed E-state index contributed by atoms with van der Waals surface area (Å²) in [6.07, 6.45) is 0. The maximum atomic E-state index is 11.5. The van der Waals surface area contributed by atoms with Crippen LogP contribution in [0.1, 0.15) is 16.6 Å². The molecule has 1 aliphatic rings. The minimum atomic E-state index is -0.672. The number of imide groups is 1. The molecule has 1 saturated heterocycles. The maximum absolute atomic E-state index is 11.5. The number of carbonyl (C=O) groups excluding carboxylic acids is 2. The van der Waals surface area contributed by atoms with Gasteiger partial charge >= 0.3 is 6.03 Å². The summed E-state index contributed by atoms with van der Waals surface area (Å²) in [6.45, 7) is 1.86. The number of aromatic nitrogens is 1. The van der Waals surface area contributed by atoms with Crippen molar-refractivity contribution in [1.82, 2.24) is 15.2 Å². The number of urea groups is 1. The van der Waals surface area contributed by atoms with E-state index in [2.05, 4.69) is 10.3 Å². The normalized spacial score (nSPS) is 20.9. The lowest BCUT2D eigenvalue weighted by atomic mass is 10.2. The van der Waals surface area contributed by atoms with E-state index in [1.165, 1.54) is 16.2 Å². The standard InChI is InChI=1S/C8H10N4O2S/c1-4-5(10-3-15-4)6-7(13)11-8(14)12(6)2-9/h3,6H,2,9H2,1H3,(H,11,13,14). The first-order chi connectivity index (χ1) is 7.15. The van der Waals surface area contributed by atoms with Gasteiger partial charge in [0.15, 0.2) is 6.04 Å². The van der Waals surface area contributed by atoms with E-state index in [-0.39, 0.29) is 12.6 Å². The number of amides is 3. The number of carbonyl (C=O) groups is 2. The van der Waals surface area contributed by atoms with Crippen LogP contribution in [0.15, 0.2) is 5.51 Å². The monoisotopic (exact) mass is 226 g/mol. The highest BCUT2D eigenvalue weighted by atomic mass is 32.1. The van der Waals surface area contributed by atoms with Gasteiger partial charge in [-0.3, -0.25) is 15.0 Å². The van der Waals surface area contributed by atoms with Crippen molar-refractivity contribution in [2.75, 3.05) is 6.67 Å². The maximum Gasteiger partial charge on any atom is 0.326 e. The summed E-state index contributed by atoms with van der Waals surface area (Å²) in [5.74, 6) is -0.362. The zero-order chi connectivity index (χ0) is 11.0. The van der Waals surface area contributed by atoms with Crippen molar-refractivity contribution in [3.8, 4) is 0 Å². The Morgan fingerprint density at radius 3 is 2.93 bits per heavy atom. The van der Waals surface area contributed by atoms with Crippen molar-refractivity contribution >= 4 is 23.3 Å². The van der Waals surface area contributed by atoms with Gasteiger partial charge in [-0.05, 0) is 6.92 Å². The van der Waals surface area contributed by atoms with Gasteiger partial charge in [0.1, 0.15) is 0 Å². The summed E-state index contributed by atoms with van der Waals surface area (Å²) < 4.78 is 0. The molecule has 1 aromatic rings. The van der Waals surface area contributed by atoms with Crippen LogP contribution < -0.4 is 11.1 Å². The van der Waals surface area contributed by atoms with E-state index in [9.17, 15) is 9.59 Å². The van der Waals surface area contributed by atoms with E-state index in [0.29, 0.717) is 5.69 Å². The molecule has 0 aliphatic carbocycles. The van der Waals surface area contributed by atoms with E-state index >= 15 is 0 Å². The molecule has 15 heavy (non-hydrogen) atoms. The molecule has 1 unspecified atom stereocenters. The van der Waals surface area contributed by atoms with Crippen LogP contribution in [0.3, 0.4) is 0 Å². The minimum absolute atomic E-state index is 0.000787. The number of nitrogens with two attached hydrogens (primary N) is 1. The molecule has 0 bridgehead atoms. The van der Waals surface area contributed by atoms with E-state index < -0.39 is 12.1 Å². The summed E-state index contributed by atoms with van der Waals surface area (Å²) in [7, 11) is 0. The average molecular weight is 226 g/mol. The van der Waals surface area contributed by atoms with Gasteiger partial charge < -0.3 is 5.73 Å². The highest BCUT2D eigenvalue weighted by Gasteiger charge is 2.40. The summed E-state index contributed by atoms with van der Waals surface area (Å²) in [5.41, 5.74) is 7.68. The molecule has 1 atom stereocenters. The minimum Gasteiger partial charge on any atom is -0.314 e. The Kier molecular flexibility index (Phi) is 2.41. The molecule has 3 amide bonds. The largest absolute Gasteiger partial charge is 0.326 e. The van der Waals surface area contributed by atoms with E-state index in [0.717, 1.165) is 4.88 Å². The van der Waals surface area contributed by atoms with Gasteiger partial charge in [0, 0.05) is 4.88 Å². The van der Waals surface area contributed by atoms with Gasteiger partial charge in [-0.25, -0.2) is 9.78 Å². The van der Waals surface area contributed by atoms with Gasteiger partial charge in [-0.2, -0.15) is 0 Å². The second-order valence-electron chi connectivity index (χ2n) is 3.14. The molecule has 0 saturated carbocycles. The van der Waals surface area contributed by atoms with E-state index in [1.54, 1.807) is 5.51 Å². The number of nitrogens with zero attached hydrogens (tertiary/aromatic N) is 2. The first kappa shape index (κ1) is 10.1. The molecule has 1 aliphatic heterocycles. The molecule has 1 aromatic heterocycles. The molecular formula is C8H10N4O2S. The zero-order valence-electron chi connectivity index (χ0n) is 8.06. The first-order valence-corrected chi connectivity index (χ1v) is 5.24. The molecular weight excluding hydrogens is 216 g/mol. The molecule has 80 valence electrons. The van der Waals surface area contributed by atoms with Gasteiger partial charge in [0.25, 0.3) is 5.91 Å². The van der Waals surface area contributed by atoms with E-state index in [4.69, 9.17) is 5.73 Å². The summed E-state index contributed by atoms with van der Waals surface area (Å²) in [6, 6.07) is -1.13. The van der Waals surface area contributed by atoms with Gasteiger partial charge in [0.05, 0.1) is 17.9 Å². The third kappa shape index (κ3) is 1.49. The predicted molar refractivity (Wildman–Crippen MR) is 54.0 cm³/mol. The quantitative estimate of drug-likeness (QED) is 0.692. The van der Waals surface area contributed by atoms with Crippen LogP contribution in [0.4, 0.5) is 4.79 Å². The van der Waals surface area contributed by atoms with Crippen molar-refractivity contribution in [3.63, 3.8) is 0 Å². The Bertz CT molecular complexity index is 417. The SMILES string of the molecule is Cc1scnc1C1C(=O)NC(=O)N1CN. The number of hydrogen-bond acceptors (Lipinski definition) is 5. The fraction of sp³-hybridized carbons (Fsp3) is 0.375. The van der Waals surface area contributed by atoms with Crippen LogP contribution in [-0.4, -0.2) is 28.5 Å². The van der Waals surface area contributed by atoms with Crippen molar-refractivity contribution in [1.29, 1.82) is 0 Å². The average Bonchev–Trinajstić information content (AvgIpc) is 2.70. The zero-order valence-corrected chi connectivity index (χ0v) is 8.87. The lowest BCUT2D eigenvalue weighted by Gasteiger charge is -2.18. The summed E-state index contributed by atoms with van der Waals surface area (Å²) in [5, 5.41) is 2.22. The number of nitrogens with one attached hydrogen (secondary N) is 1. The molecule has 2 rings (SSSR count).